The summed E-state index contributed by atoms with van der Waals surface area (Å²) in [4.78, 5) is 37.1. The fraction of sp³-hybridized carbons (Fsp3) is 0.385. The molecule has 204 valence electrons. The van der Waals surface area contributed by atoms with Crippen molar-refractivity contribution in [2.45, 2.75) is 48.7 Å². The van der Waals surface area contributed by atoms with Crippen LogP contribution in [-0.2, 0) is 4.79 Å². The van der Waals surface area contributed by atoms with Gasteiger partial charge in [0, 0.05) is 64.3 Å². The van der Waals surface area contributed by atoms with Crippen LogP contribution >= 0.6 is 34.7 Å². The lowest BCUT2D eigenvalue weighted by Gasteiger charge is -2.36. The highest BCUT2D eigenvalue weighted by atomic mass is 35.5. The Morgan fingerprint density at radius 2 is 2.05 bits per heavy atom. The van der Waals surface area contributed by atoms with Crippen molar-refractivity contribution >= 4 is 74.4 Å². The Morgan fingerprint density at radius 3 is 2.74 bits per heavy atom. The number of amides is 1. The molecular weight excluding hydrogens is 561 g/mol. The number of hydrogen-bond donors (Lipinski definition) is 3. The molecule has 6 rings (SSSR count). The number of halogens is 2. The van der Waals surface area contributed by atoms with E-state index in [1.54, 1.807) is 22.4 Å². The van der Waals surface area contributed by atoms with Gasteiger partial charge in [0.15, 0.2) is 5.13 Å². The van der Waals surface area contributed by atoms with Gasteiger partial charge in [-0.15, -0.1) is 11.8 Å². The van der Waals surface area contributed by atoms with Crippen LogP contribution in [-0.4, -0.2) is 51.4 Å². The number of rotatable bonds is 6. The molecule has 13 heteroatoms. The summed E-state index contributed by atoms with van der Waals surface area (Å²) in [6, 6.07) is 2.26. The zero-order valence-electron chi connectivity index (χ0n) is 21.0. The number of aromatic nitrogens is 3. The smallest absolute Gasteiger partial charge is 0.350 e. The largest absolute Gasteiger partial charge is 0.375 e. The number of allylic oxidation sites excluding steroid dienone is 1. The molecule has 0 saturated carbocycles. The monoisotopic (exact) mass is 587 g/mol. The molecule has 1 aromatic carbocycles. The quantitative estimate of drug-likeness (QED) is 0.399. The predicted octanol–water partition coefficient (Wildman–Crippen LogP) is 2.03. The molecule has 2 unspecified atom stereocenters. The fourth-order valence-electron chi connectivity index (χ4n) is 5.79. The third-order valence-corrected chi connectivity index (χ3v) is 9.98. The molecule has 1 amide bonds. The minimum atomic E-state index is -0.531. The number of anilines is 2. The van der Waals surface area contributed by atoms with Gasteiger partial charge in [0.1, 0.15) is 11.6 Å². The Bertz CT molecular complexity index is 1690. The number of thiazole rings is 1. The molecule has 2 bridgehead atoms. The molecule has 3 aromatic rings. The standard InChI is InChI=1S/C26H27ClFN7O2S2/c1-2-18(28)23-19(32-25(30)39-23)8-15-17(27)7-16-21-22(15)38-11-14(5-6-20(29)36)35(21)26(37)33-24(16)34-9-12-3-4-13(10-34)31-12/h2,7-8,12-14,31H,1,3-6,9-11H2,(H2,29,36)(H2,30,32)/b19-8-,23-18-/t12?,13?,14-/m0/s1. The van der Waals surface area contributed by atoms with Crippen LogP contribution in [0.5, 0.6) is 0 Å². The molecule has 3 aliphatic rings. The third-order valence-electron chi connectivity index (χ3n) is 7.50. The minimum absolute atomic E-state index is 0.155. The molecule has 2 fully saturated rings. The number of benzene rings is 1. The van der Waals surface area contributed by atoms with Gasteiger partial charge in [-0.2, -0.15) is 4.98 Å². The van der Waals surface area contributed by atoms with E-state index in [4.69, 9.17) is 23.1 Å². The number of fused-ring (bicyclic) bond motifs is 2. The second-order valence-corrected chi connectivity index (χ2v) is 12.5. The summed E-state index contributed by atoms with van der Waals surface area (Å²) in [6.45, 7) is 5.02. The molecule has 9 nitrogen and oxygen atoms in total. The molecule has 0 aliphatic carbocycles. The van der Waals surface area contributed by atoms with Crippen LogP contribution in [0.3, 0.4) is 0 Å². The normalized spacial score (nSPS) is 23.4. The van der Waals surface area contributed by atoms with Crippen molar-refractivity contribution in [3.63, 3.8) is 0 Å². The lowest BCUT2D eigenvalue weighted by Crippen LogP contribution is -2.52. The molecule has 3 aliphatic heterocycles. The number of thioether (sulfide) groups is 1. The van der Waals surface area contributed by atoms with Crippen molar-refractivity contribution in [3.05, 3.63) is 49.7 Å². The number of nitrogens with one attached hydrogen (secondary N) is 1. The van der Waals surface area contributed by atoms with Crippen LogP contribution in [0.15, 0.2) is 28.4 Å². The highest BCUT2D eigenvalue weighted by molar-refractivity contribution is 7.99. The highest BCUT2D eigenvalue weighted by Crippen LogP contribution is 2.44. The minimum Gasteiger partial charge on any atom is -0.375 e. The Morgan fingerprint density at radius 1 is 1.31 bits per heavy atom. The number of carbonyl (C=O) groups excluding carboxylic acids is 1. The zero-order valence-corrected chi connectivity index (χ0v) is 23.3. The van der Waals surface area contributed by atoms with Gasteiger partial charge in [-0.25, -0.2) is 14.2 Å². The summed E-state index contributed by atoms with van der Waals surface area (Å²) in [5, 5.41) is 5.37. The topological polar surface area (TPSA) is 132 Å². The van der Waals surface area contributed by atoms with Crippen molar-refractivity contribution in [2.75, 3.05) is 29.5 Å². The van der Waals surface area contributed by atoms with Gasteiger partial charge >= 0.3 is 5.69 Å². The maximum atomic E-state index is 14.6. The van der Waals surface area contributed by atoms with Gasteiger partial charge in [0.25, 0.3) is 0 Å². The van der Waals surface area contributed by atoms with Crippen molar-refractivity contribution in [1.82, 2.24) is 19.9 Å². The van der Waals surface area contributed by atoms with E-state index in [2.05, 4.69) is 26.8 Å². The molecule has 2 saturated heterocycles. The van der Waals surface area contributed by atoms with Crippen molar-refractivity contribution in [3.8, 4) is 0 Å². The zero-order chi connectivity index (χ0) is 27.4. The number of carbonyl (C=O) groups is 1. The second-order valence-electron chi connectivity index (χ2n) is 10.1. The van der Waals surface area contributed by atoms with E-state index in [1.807, 2.05) is 6.07 Å². The van der Waals surface area contributed by atoms with E-state index in [0.29, 0.717) is 51.5 Å². The first-order chi connectivity index (χ1) is 18.7. The lowest BCUT2D eigenvalue weighted by atomic mass is 10.1. The number of primary amides is 1. The first-order valence-electron chi connectivity index (χ1n) is 12.7. The van der Waals surface area contributed by atoms with Crippen LogP contribution in [0.25, 0.3) is 22.8 Å². The molecular formula is C26H27ClFN7O2S2. The maximum absolute atomic E-state index is 14.6. The second kappa shape index (κ2) is 10.2. The van der Waals surface area contributed by atoms with Crippen LogP contribution in [0.2, 0.25) is 5.02 Å². The molecule has 3 atom stereocenters. The number of nitrogens with two attached hydrogens (primary N) is 2. The molecule has 5 heterocycles. The van der Waals surface area contributed by atoms with E-state index in [1.165, 1.54) is 0 Å². The molecule has 2 aromatic heterocycles. The summed E-state index contributed by atoms with van der Waals surface area (Å²) in [7, 11) is 0. The Kier molecular flexibility index (Phi) is 6.90. The maximum Gasteiger partial charge on any atom is 0.350 e. The summed E-state index contributed by atoms with van der Waals surface area (Å²) in [5.41, 5.74) is 12.3. The highest BCUT2D eigenvalue weighted by Gasteiger charge is 2.35. The fourth-order valence-corrected chi connectivity index (χ4v) is 8.20. The van der Waals surface area contributed by atoms with E-state index in [-0.39, 0.29) is 27.8 Å². The number of nitrogen functional groups attached to an aromatic ring is 1. The van der Waals surface area contributed by atoms with Gasteiger partial charge in [-0.1, -0.05) is 29.5 Å². The Hall–Kier alpha value is -2.93. The van der Waals surface area contributed by atoms with Crippen molar-refractivity contribution in [1.29, 1.82) is 0 Å². The lowest BCUT2D eigenvalue weighted by molar-refractivity contribution is -0.118. The summed E-state index contributed by atoms with van der Waals surface area (Å²) >= 11 is 9.49. The van der Waals surface area contributed by atoms with E-state index in [0.717, 1.165) is 53.6 Å². The van der Waals surface area contributed by atoms with Crippen LogP contribution in [0.4, 0.5) is 15.3 Å². The summed E-state index contributed by atoms with van der Waals surface area (Å²) in [5.74, 6) is 0.182. The average Bonchev–Trinajstić information content (AvgIpc) is 3.45. The van der Waals surface area contributed by atoms with E-state index >= 15 is 0 Å². The third kappa shape index (κ3) is 4.73. The number of nitrogens with zero attached hydrogens (tertiary/aromatic N) is 4. The van der Waals surface area contributed by atoms with Gasteiger partial charge < -0.3 is 21.7 Å². The van der Waals surface area contributed by atoms with Gasteiger partial charge in [-0.05, 0) is 37.5 Å². The Labute approximate surface area is 236 Å². The molecule has 0 spiro atoms. The first-order valence-corrected chi connectivity index (χ1v) is 14.9. The molecule has 39 heavy (non-hydrogen) atoms. The van der Waals surface area contributed by atoms with E-state index < -0.39 is 11.7 Å². The molecule has 0 radical (unpaired) electrons. The SMILES string of the molecule is C=C/C(F)=c1/sc(N)n/c1=C\c1c(Cl)cc2c(N3CC4CCC(C3)N4)nc(=O)n3c2c1SC[C@@H]3CCC(N)=O. The first kappa shape index (κ1) is 26.3. The van der Waals surface area contributed by atoms with Crippen LogP contribution in [0.1, 0.15) is 37.3 Å². The molecule has 5 N–H and O–H groups in total. The van der Waals surface area contributed by atoms with Crippen LogP contribution in [0, 0.1) is 0 Å². The predicted molar refractivity (Wildman–Crippen MR) is 155 cm³/mol. The number of hydrogen-bond acceptors (Lipinski definition) is 9. The van der Waals surface area contributed by atoms with Crippen LogP contribution < -0.4 is 37.3 Å². The summed E-state index contributed by atoms with van der Waals surface area (Å²) in [6.07, 6.45) is 5.57. The van der Waals surface area contributed by atoms with Crippen molar-refractivity contribution < 1.29 is 9.18 Å². The van der Waals surface area contributed by atoms with Gasteiger partial charge in [0.2, 0.25) is 5.91 Å². The van der Waals surface area contributed by atoms with Crippen molar-refractivity contribution in [2.24, 2.45) is 5.73 Å². The van der Waals surface area contributed by atoms with E-state index in [9.17, 15) is 14.0 Å². The van der Waals surface area contributed by atoms with Gasteiger partial charge in [0.05, 0.1) is 15.4 Å². The Balaban J connectivity index is 1.62. The average molecular weight is 588 g/mol. The summed E-state index contributed by atoms with van der Waals surface area (Å²) < 4.78 is 16.5. The number of piperazine rings is 1. The van der Waals surface area contributed by atoms with Gasteiger partial charge in [-0.3, -0.25) is 9.36 Å².